The van der Waals surface area contributed by atoms with Crippen LogP contribution < -0.4 is 0 Å². The highest BCUT2D eigenvalue weighted by Crippen LogP contribution is 2.28. The van der Waals surface area contributed by atoms with Gasteiger partial charge in [0.15, 0.2) is 4.96 Å². The molecule has 88 valence electrons. The van der Waals surface area contributed by atoms with Crippen LogP contribution in [0.15, 0.2) is 17.6 Å². The van der Waals surface area contributed by atoms with Crippen molar-refractivity contribution in [2.75, 3.05) is 13.6 Å². The number of aromatic nitrogens is 2. The van der Waals surface area contributed by atoms with Crippen molar-refractivity contribution in [1.29, 1.82) is 0 Å². The normalized spacial score (nSPS) is 11.4. The second kappa shape index (κ2) is 3.82. The third kappa shape index (κ3) is 1.56. The SMILES string of the molecule is CCN(C)C(=O)c1cc2c(nc3sccn32)s1. The van der Waals surface area contributed by atoms with E-state index >= 15 is 0 Å². The molecule has 0 bridgehead atoms. The Morgan fingerprint density at radius 1 is 1.59 bits per heavy atom. The number of hydrogen-bond donors (Lipinski definition) is 0. The van der Waals surface area contributed by atoms with Crippen molar-refractivity contribution in [2.45, 2.75) is 6.92 Å². The van der Waals surface area contributed by atoms with Gasteiger partial charge in [-0.05, 0) is 13.0 Å². The second-order valence-electron chi connectivity index (χ2n) is 3.79. The Kier molecular flexibility index (Phi) is 2.41. The van der Waals surface area contributed by atoms with Crippen LogP contribution >= 0.6 is 22.7 Å². The summed E-state index contributed by atoms with van der Waals surface area (Å²) in [7, 11) is 1.81. The first-order valence-corrected chi connectivity index (χ1v) is 7.01. The molecule has 0 unspecified atom stereocenters. The molecule has 4 nitrogen and oxygen atoms in total. The monoisotopic (exact) mass is 265 g/mol. The van der Waals surface area contributed by atoms with Crippen LogP contribution in [0.5, 0.6) is 0 Å². The topological polar surface area (TPSA) is 37.6 Å². The Bertz CT molecular complexity index is 694. The molecule has 0 aliphatic carbocycles. The molecule has 0 radical (unpaired) electrons. The maximum absolute atomic E-state index is 12.0. The number of fused-ring (bicyclic) bond motifs is 3. The van der Waals surface area contributed by atoms with Crippen LogP contribution in [0.2, 0.25) is 0 Å². The number of hydrogen-bond acceptors (Lipinski definition) is 4. The fraction of sp³-hybridized carbons (Fsp3) is 0.273. The lowest BCUT2D eigenvalue weighted by atomic mass is 10.4. The van der Waals surface area contributed by atoms with Gasteiger partial charge in [0.1, 0.15) is 4.83 Å². The molecule has 3 aromatic heterocycles. The average Bonchev–Trinajstić information content (AvgIpc) is 2.97. The number of thiophene rings is 1. The highest BCUT2D eigenvalue weighted by molar-refractivity contribution is 7.21. The highest BCUT2D eigenvalue weighted by atomic mass is 32.1. The Labute approximate surface area is 106 Å². The quantitative estimate of drug-likeness (QED) is 0.714. The molecule has 0 N–H and O–H groups in total. The van der Waals surface area contributed by atoms with Crippen molar-refractivity contribution in [1.82, 2.24) is 14.3 Å². The van der Waals surface area contributed by atoms with Crippen LogP contribution in [0, 0.1) is 0 Å². The number of carbonyl (C=O) groups excluding carboxylic acids is 1. The summed E-state index contributed by atoms with van der Waals surface area (Å²) >= 11 is 3.07. The molecule has 3 aromatic rings. The summed E-state index contributed by atoms with van der Waals surface area (Å²) < 4.78 is 2.03. The number of thiazole rings is 1. The molecule has 0 fully saturated rings. The van der Waals surface area contributed by atoms with Gasteiger partial charge in [-0.15, -0.1) is 22.7 Å². The van der Waals surface area contributed by atoms with Gasteiger partial charge in [0.25, 0.3) is 5.91 Å². The molecule has 0 aromatic carbocycles. The summed E-state index contributed by atoms with van der Waals surface area (Å²) in [4.78, 5) is 20.9. The van der Waals surface area contributed by atoms with E-state index in [1.807, 2.05) is 36.0 Å². The van der Waals surface area contributed by atoms with Gasteiger partial charge in [-0.2, -0.15) is 0 Å². The smallest absolute Gasteiger partial charge is 0.263 e. The Morgan fingerprint density at radius 2 is 2.41 bits per heavy atom. The molecule has 17 heavy (non-hydrogen) atoms. The lowest BCUT2D eigenvalue weighted by molar-refractivity contribution is 0.0807. The first-order valence-electron chi connectivity index (χ1n) is 5.31. The Hall–Kier alpha value is -1.40. The van der Waals surface area contributed by atoms with Gasteiger partial charge in [-0.1, -0.05) is 0 Å². The third-order valence-electron chi connectivity index (χ3n) is 2.77. The van der Waals surface area contributed by atoms with Gasteiger partial charge in [-0.25, -0.2) is 4.98 Å². The van der Waals surface area contributed by atoms with Gasteiger partial charge >= 0.3 is 0 Å². The van der Waals surface area contributed by atoms with Crippen molar-refractivity contribution in [3.8, 4) is 0 Å². The van der Waals surface area contributed by atoms with Crippen LogP contribution in [-0.4, -0.2) is 33.8 Å². The molecule has 0 saturated carbocycles. The predicted octanol–water partition coefficient (Wildman–Crippen LogP) is 2.70. The Balaban J connectivity index is 2.12. The van der Waals surface area contributed by atoms with Crippen molar-refractivity contribution < 1.29 is 4.79 Å². The third-order valence-corrected chi connectivity index (χ3v) is 4.53. The average molecular weight is 265 g/mol. The van der Waals surface area contributed by atoms with E-state index in [9.17, 15) is 4.79 Å². The zero-order chi connectivity index (χ0) is 12.0. The Morgan fingerprint density at radius 3 is 3.18 bits per heavy atom. The largest absolute Gasteiger partial charge is 0.341 e. The molecule has 0 aliphatic rings. The van der Waals surface area contributed by atoms with E-state index in [0.29, 0.717) is 0 Å². The van der Waals surface area contributed by atoms with Crippen LogP contribution in [0.1, 0.15) is 16.6 Å². The number of rotatable bonds is 2. The van der Waals surface area contributed by atoms with Crippen molar-refractivity contribution in [3.05, 3.63) is 22.5 Å². The van der Waals surface area contributed by atoms with Gasteiger partial charge in [0.05, 0.1) is 10.4 Å². The van der Waals surface area contributed by atoms with E-state index in [1.165, 1.54) is 11.3 Å². The van der Waals surface area contributed by atoms with Crippen LogP contribution in [-0.2, 0) is 0 Å². The van der Waals surface area contributed by atoms with E-state index < -0.39 is 0 Å². The summed E-state index contributed by atoms with van der Waals surface area (Å²) in [6.45, 7) is 2.69. The number of carbonyl (C=O) groups is 1. The fourth-order valence-corrected chi connectivity index (χ4v) is 3.48. The molecule has 3 heterocycles. The summed E-state index contributed by atoms with van der Waals surface area (Å²) in [5.74, 6) is 0.0690. The van der Waals surface area contributed by atoms with Gasteiger partial charge in [0, 0.05) is 25.2 Å². The number of imidazole rings is 1. The molecule has 0 spiro atoms. The lowest BCUT2D eigenvalue weighted by Crippen LogP contribution is -2.25. The molecule has 3 rings (SSSR count). The standard InChI is InChI=1S/C11H11N3OS2/c1-3-13(2)10(15)8-6-7-9(17-8)12-11-14(7)4-5-16-11/h4-6H,3H2,1-2H3. The molecule has 1 amide bonds. The first-order chi connectivity index (χ1) is 8.20. The molecular formula is C11H11N3OS2. The molecule has 6 heteroatoms. The van der Waals surface area contributed by atoms with E-state index in [-0.39, 0.29) is 5.91 Å². The summed E-state index contributed by atoms with van der Waals surface area (Å²) in [5.41, 5.74) is 1.03. The minimum Gasteiger partial charge on any atom is -0.341 e. The predicted molar refractivity (Wildman–Crippen MR) is 71.1 cm³/mol. The van der Waals surface area contributed by atoms with Gasteiger partial charge in [-0.3, -0.25) is 9.20 Å². The van der Waals surface area contributed by atoms with Crippen molar-refractivity contribution in [2.24, 2.45) is 0 Å². The van der Waals surface area contributed by atoms with E-state index in [1.54, 1.807) is 16.2 Å². The summed E-state index contributed by atoms with van der Waals surface area (Å²) in [6.07, 6.45) is 1.99. The second-order valence-corrected chi connectivity index (χ2v) is 5.69. The fourth-order valence-electron chi connectivity index (χ4n) is 1.68. The van der Waals surface area contributed by atoms with E-state index in [2.05, 4.69) is 4.98 Å². The highest BCUT2D eigenvalue weighted by Gasteiger charge is 2.16. The van der Waals surface area contributed by atoms with E-state index in [0.717, 1.165) is 26.7 Å². The molecule has 0 saturated heterocycles. The zero-order valence-corrected chi connectivity index (χ0v) is 11.1. The van der Waals surface area contributed by atoms with Crippen LogP contribution in [0.3, 0.4) is 0 Å². The van der Waals surface area contributed by atoms with Crippen molar-refractivity contribution in [3.63, 3.8) is 0 Å². The molecule has 0 atom stereocenters. The summed E-state index contributed by atoms with van der Waals surface area (Å²) in [6, 6.07) is 1.93. The van der Waals surface area contributed by atoms with E-state index in [4.69, 9.17) is 0 Å². The van der Waals surface area contributed by atoms with Crippen LogP contribution in [0.25, 0.3) is 15.3 Å². The molecule has 0 aliphatic heterocycles. The first kappa shape index (κ1) is 10.7. The minimum atomic E-state index is 0.0690. The van der Waals surface area contributed by atoms with Crippen LogP contribution in [0.4, 0.5) is 0 Å². The maximum atomic E-state index is 12.0. The lowest BCUT2D eigenvalue weighted by Gasteiger charge is -2.12. The zero-order valence-electron chi connectivity index (χ0n) is 9.51. The number of nitrogens with zero attached hydrogens (tertiary/aromatic N) is 3. The minimum absolute atomic E-state index is 0.0690. The maximum Gasteiger partial charge on any atom is 0.263 e. The van der Waals surface area contributed by atoms with Gasteiger partial charge in [0.2, 0.25) is 0 Å². The summed E-state index contributed by atoms with van der Waals surface area (Å²) in [5, 5.41) is 2.00. The van der Waals surface area contributed by atoms with Gasteiger partial charge < -0.3 is 4.90 Å². The molecular weight excluding hydrogens is 254 g/mol. The number of amides is 1. The van der Waals surface area contributed by atoms with Crippen molar-refractivity contribution >= 4 is 43.9 Å².